The molecular weight excluding hydrogens is 448 g/mol. The Bertz CT molecular complexity index is 1180. The second kappa shape index (κ2) is 9.33. The lowest BCUT2D eigenvalue weighted by molar-refractivity contribution is 0.102. The summed E-state index contributed by atoms with van der Waals surface area (Å²) < 4.78 is 50.8. The van der Waals surface area contributed by atoms with Crippen LogP contribution in [0.15, 0.2) is 47.4 Å². The molecule has 0 bridgehead atoms. The van der Waals surface area contributed by atoms with Crippen LogP contribution >= 0.6 is 0 Å². The summed E-state index contributed by atoms with van der Waals surface area (Å²) in [6, 6.07) is 11.0. The van der Waals surface area contributed by atoms with Gasteiger partial charge in [-0.15, -0.1) is 0 Å². The van der Waals surface area contributed by atoms with Crippen molar-refractivity contribution in [1.82, 2.24) is 4.72 Å². The van der Waals surface area contributed by atoms with Gasteiger partial charge in [0.25, 0.3) is 5.91 Å². The fraction of sp³-hybridized carbons (Fsp3) is 0.435. The molecule has 9 heteroatoms. The van der Waals surface area contributed by atoms with Crippen LogP contribution in [0.25, 0.3) is 0 Å². The number of nitrogens with one attached hydrogen (secondary N) is 2. The Morgan fingerprint density at radius 1 is 0.969 bits per heavy atom. The van der Waals surface area contributed by atoms with Crippen molar-refractivity contribution in [1.29, 1.82) is 0 Å². The molecule has 1 amide bonds. The van der Waals surface area contributed by atoms with E-state index in [2.05, 4.69) is 37.7 Å². The zero-order valence-electron chi connectivity index (χ0n) is 18.8. The average molecular weight is 479 g/mol. The van der Waals surface area contributed by atoms with Crippen molar-refractivity contribution in [3.63, 3.8) is 0 Å². The van der Waals surface area contributed by atoms with Crippen molar-refractivity contribution in [2.75, 3.05) is 16.8 Å². The number of para-hydroxylation sites is 1. The fourth-order valence-corrected chi connectivity index (χ4v) is 6.89. The highest BCUT2D eigenvalue weighted by molar-refractivity contribution is 7.92. The Hall–Kier alpha value is -2.23. The van der Waals surface area contributed by atoms with E-state index in [0.717, 1.165) is 16.8 Å². The molecule has 174 valence electrons. The monoisotopic (exact) mass is 478 g/mol. The lowest BCUT2D eigenvalue weighted by Crippen LogP contribution is -2.35. The SMILES string of the molecule is CC(C)c1cccc(C(C)C)c1NC(=O)c1ccc(S(=O)(=O)NC2CCS(=O)(=O)C2)cc1. The third-order valence-electron chi connectivity index (χ3n) is 5.59. The summed E-state index contributed by atoms with van der Waals surface area (Å²) in [5.41, 5.74) is 3.21. The van der Waals surface area contributed by atoms with Crippen molar-refractivity contribution in [3.05, 3.63) is 59.2 Å². The van der Waals surface area contributed by atoms with Gasteiger partial charge in [-0.2, -0.15) is 0 Å². The van der Waals surface area contributed by atoms with Gasteiger partial charge >= 0.3 is 0 Å². The van der Waals surface area contributed by atoms with E-state index in [1.165, 1.54) is 24.3 Å². The number of hydrogen-bond donors (Lipinski definition) is 2. The van der Waals surface area contributed by atoms with E-state index in [-0.39, 0.29) is 40.6 Å². The van der Waals surface area contributed by atoms with Crippen molar-refractivity contribution in [3.8, 4) is 0 Å². The van der Waals surface area contributed by atoms with Gasteiger partial charge in [0.2, 0.25) is 10.0 Å². The maximum atomic E-state index is 12.9. The number of carbonyl (C=O) groups is 1. The third-order valence-corrected chi connectivity index (χ3v) is 8.90. The van der Waals surface area contributed by atoms with E-state index >= 15 is 0 Å². The standard InChI is InChI=1S/C23H30N2O5S2/c1-15(2)20-6-5-7-21(16(3)4)22(20)24-23(26)17-8-10-19(11-9-17)32(29,30)25-18-12-13-31(27,28)14-18/h5-11,15-16,18,25H,12-14H2,1-4H3,(H,24,26). The smallest absolute Gasteiger partial charge is 0.255 e. The number of carbonyl (C=O) groups excluding carboxylic acids is 1. The average Bonchev–Trinajstić information content (AvgIpc) is 3.05. The quantitative estimate of drug-likeness (QED) is 0.631. The van der Waals surface area contributed by atoms with Gasteiger partial charge in [0.05, 0.1) is 16.4 Å². The molecular formula is C23H30N2O5S2. The number of sulfone groups is 1. The largest absolute Gasteiger partial charge is 0.321 e. The first-order valence-electron chi connectivity index (χ1n) is 10.7. The van der Waals surface area contributed by atoms with Crippen LogP contribution in [0.1, 0.15) is 67.4 Å². The van der Waals surface area contributed by atoms with Crippen molar-refractivity contribution in [2.24, 2.45) is 0 Å². The van der Waals surface area contributed by atoms with Gasteiger partial charge in [0, 0.05) is 17.3 Å². The lowest BCUT2D eigenvalue weighted by Gasteiger charge is -2.20. The Kier molecular flexibility index (Phi) is 7.12. The van der Waals surface area contributed by atoms with Crippen molar-refractivity contribution < 1.29 is 21.6 Å². The highest BCUT2D eigenvalue weighted by atomic mass is 32.2. The van der Waals surface area contributed by atoms with Gasteiger partial charge in [-0.05, 0) is 53.6 Å². The number of benzene rings is 2. The Labute approximate surface area is 190 Å². The normalized spacial score (nSPS) is 18.2. The number of hydrogen-bond acceptors (Lipinski definition) is 5. The predicted molar refractivity (Wildman–Crippen MR) is 126 cm³/mol. The first-order chi connectivity index (χ1) is 14.9. The molecule has 2 aromatic carbocycles. The molecule has 2 N–H and O–H groups in total. The summed E-state index contributed by atoms with van der Waals surface area (Å²) in [6.45, 7) is 8.27. The summed E-state index contributed by atoms with van der Waals surface area (Å²) in [7, 11) is -7.07. The van der Waals surface area contributed by atoms with Crippen molar-refractivity contribution in [2.45, 2.75) is 56.9 Å². The number of anilines is 1. The molecule has 1 saturated heterocycles. The highest BCUT2D eigenvalue weighted by Crippen LogP contribution is 2.32. The lowest BCUT2D eigenvalue weighted by atomic mass is 9.92. The Morgan fingerprint density at radius 3 is 2.00 bits per heavy atom. The Morgan fingerprint density at radius 2 is 1.53 bits per heavy atom. The predicted octanol–water partition coefficient (Wildman–Crippen LogP) is 3.65. The maximum absolute atomic E-state index is 12.9. The van der Waals surface area contributed by atoms with E-state index < -0.39 is 25.9 Å². The zero-order valence-corrected chi connectivity index (χ0v) is 20.4. The van der Waals surface area contributed by atoms with Gasteiger partial charge in [0.1, 0.15) is 0 Å². The molecule has 1 fully saturated rings. The molecule has 1 heterocycles. The molecule has 0 aromatic heterocycles. The second-order valence-corrected chi connectivity index (χ2v) is 12.8. The molecule has 0 radical (unpaired) electrons. The summed E-state index contributed by atoms with van der Waals surface area (Å²) in [4.78, 5) is 12.9. The molecule has 1 aliphatic heterocycles. The minimum atomic E-state index is -3.88. The second-order valence-electron chi connectivity index (χ2n) is 8.82. The number of amides is 1. The Balaban J connectivity index is 1.79. The molecule has 0 aliphatic carbocycles. The van der Waals surface area contributed by atoms with Crippen LogP contribution in [0.2, 0.25) is 0 Å². The van der Waals surface area contributed by atoms with Gasteiger partial charge in [-0.3, -0.25) is 4.79 Å². The minimum Gasteiger partial charge on any atom is -0.321 e. The molecule has 1 atom stereocenters. The molecule has 2 aromatic rings. The highest BCUT2D eigenvalue weighted by Gasteiger charge is 2.31. The first-order valence-corrected chi connectivity index (χ1v) is 14.0. The summed E-state index contributed by atoms with van der Waals surface area (Å²) in [6.07, 6.45) is 0.259. The van der Waals surface area contributed by atoms with Crippen LogP contribution in [0.5, 0.6) is 0 Å². The van der Waals surface area contributed by atoms with Crippen LogP contribution in [-0.2, 0) is 19.9 Å². The fourth-order valence-electron chi connectivity index (χ4n) is 3.84. The summed E-state index contributed by atoms with van der Waals surface area (Å²) >= 11 is 0. The van der Waals surface area contributed by atoms with Gasteiger partial charge in [-0.1, -0.05) is 45.9 Å². The van der Waals surface area contributed by atoms with Crippen LogP contribution in [0.3, 0.4) is 0 Å². The zero-order chi connectivity index (χ0) is 23.7. The van der Waals surface area contributed by atoms with E-state index in [1.54, 1.807) is 0 Å². The third kappa shape index (κ3) is 5.57. The molecule has 1 unspecified atom stereocenters. The maximum Gasteiger partial charge on any atom is 0.255 e. The number of rotatable bonds is 7. The summed E-state index contributed by atoms with van der Waals surface area (Å²) in [5, 5.41) is 3.01. The summed E-state index contributed by atoms with van der Waals surface area (Å²) in [5.74, 6) is -0.0850. The van der Waals surface area contributed by atoms with Gasteiger partial charge in [0.15, 0.2) is 9.84 Å². The van der Waals surface area contributed by atoms with Crippen LogP contribution in [-0.4, -0.2) is 40.3 Å². The van der Waals surface area contributed by atoms with Crippen LogP contribution in [0, 0.1) is 0 Å². The number of sulfonamides is 1. The van der Waals surface area contributed by atoms with E-state index in [0.29, 0.717) is 5.56 Å². The first kappa shape index (κ1) is 24.4. The minimum absolute atomic E-state index is 0.0104. The van der Waals surface area contributed by atoms with E-state index in [4.69, 9.17) is 0 Å². The van der Waals surface area contributed by atoms with Gasteiger partial charge < -0.3 is 5.32 Å². The van der Waals surface area contributed by atoms with Crippen molar-refractivity contribution >= 4 is 31.5 Å². The van der Waals surface area contributed by atoms with E-state index in [9.17, 15) is 21.6 Å². The molecule has 0 spiro atoms. The molecule has 1 aliphatic rings. The van der Waals surface area contributed by atoms with E-state index in [1.807, 2.05) is 18.2 Å². The topological polar surface area (TPSA) is 109 Å². The van der Waals surface area contributed by atoms with Crippen LogP contribution < -0.4 is 10.0 Å². The molecule has 7 nitrogen and oxygen atoms in total. The molecule has 0 saturated carbocycles. The van der Waals surface area contributed by atoms with Gasteiger partial charge in [-0.25, -0.2) is 21.6 Å². The molecule has 32 heavy (non-hydrogen) atoms. The molecule has 3 rings (SSSR count). The van der Waals surface area contributed by atoms with Crippen LogP contribution in [0.4, 0.5) is 5.69 Å².